The van der Waals surface area contributed by atoms with E-state index in [9.17, 15) is 4.79 Å². The number of carbonyl (C=O) groups is 1. The van der Waals surface area contributed by atoms with Crippen LogP contribution in [0.25, 0.3) is 0 Å². The number of anilines is 1. The molecule has 104 valence electrons. The van der Waals surface area contributed by atoms with Crippen molar-refractivity contribution < 1.29 is 9.90 Å². The van der Waals surface area contributed by atoms with Gasteiger partial charge in [0.1, 0.15) is 0 Å². The molecule has 3 nitrogen and oxygen atoms in total. The van der Waals surface area contributed by atoms with E-state index >= 15 is 0 Å². The predicted molar refractivity (Wildman–Crippen MR) is 78.0 cm³/mol. The molecule has 1 aliphatic rings. The van der Waals surface area contributed by atoms with E-state index in [1.165, 1.54) is 18.9 Å². The lowest BCUT2D eigenvalue weighted by Crippen LogP contribution is -2.35. The molecule has 0 spiro atoms. The van der Waals surface area contributed by atoms with Gasteiger partial charge in [-0.05, 0) is 36.5 Å². The maximum absolute atomic E-state index is 10.9. The molecule has 0 radical (unpaired) electrons. The number of carboxylic acids is 1. The third-order valence-electron chi connectivity index (χ3n) is 4.26. The first-order valence-electron chi connectivity index (χ1n) is 6.78. The van der Waals surface area contributed by atoms with Gasteiger partial charge in [0.25, 0.3) is 0 Å². The van der Waals surface area contributed by atoms with Crippen LogP contribution >= 0.6 is 11.6 Å². The molecule has 1 aromatic carbocycles. The van der Waals surface area contributed by atoms with Gasteiger partial charge in [-0.25, -0.2) is 4.79 Å². The quantitative estimate of drug-likeness (QED) is 0.870. The molecule has 1 aromatic rings. The second-order valence-electron chi connectivity index (χ2n) is 5.52. The fourth-order valence-electron chi connectivity index (χ4n) is 2.75. The number of carboxylic acid groups (broad SMARTS) is 1. The number of hydrogen-bond donors (Lipinski definition) is 2. The molecule has 1 aliphatic carbocycles. The first-order chi connectivity index (χ1) is 8.99. The Morgan fingerprint density at radius 2 is 2.11 bits per heavy atom. The zero-order valence-electron chi connectivity index (χ0n) is 11.3. The molecule has 19 heavy (non-hydrogen) atoms. The molecule has 0 bridgehead atoms. The topological polar surface area (TPSA) is 49.3 Å². The molecule has 2 rings (SSSR count). The average molecular weight is 282 g/mol. The van der Waals surface area contributed by atoms with Gasteiger partial charge in [0, 0.05) is 6.04 Å². The van der Waals surface area contributed by atoms with Gasteiger partial charge >= 0.3 is 5.97 Å². The van der Waals surface area contributed by atoms with Crippen molar-refractivity contribution in [2.75, 3.05) is 5.32 Å². The summed E-state index contributed by atoms with van der Waals surface area (Å²) in [6, 6.07) is 5.27. The molecular weight excluding hydrogens is 262 g/mol. The van der Waals surface area contributed by atoms with Crippen LogP contribution in [0.3, 0.4) is 0 Å². The van der Waals surface area contributed by atoms with Crippen LogP contribution in [0.15, 0.2) is 18.2 Å². The summed E-state index contributed by atoms with van der Waals surface area (Å²) >= 11 is 6.15. The van der Waals surface area contributed by atoms with E-state index in [1.807, 2.05) is 0 Å². The second kappa shape index (κ2) is 5.83. The van der Waals surface area contributed by atoms with Crippen LogP contribution in [0.1, 0.15) is 43.5 Å². The highest BCUT2D eigenvalue weighted by Gasteiger charge is 2.27. The van der Waals surface area contributed by atoms with E-state index in [0.29, 0.717) is 22.9 Å². The Labute approximate surface area is 119 Å². The van der Waals surface area contributed by atoms with Crippen molar-refractivity contribution in [1.82, 2.24) is 0 Å². The second-order valence-corrected chi connectivity index (χ2v) is 5.93. The highest BCUT2D eigenvalue weighted by molar-refractivity contribution is 6.33. The van der Waals surface area contributed by atoms with Crippen LogP contribution < -0.4 is 5.32 Å². The van der Waals surface area contributed by atoms with Crippen molar-refractivity contribution >= 4 is 23.3 Å². The molecule has 0 heterocycles. The van der Waals surface area contributed by atoms with Gasteiger partial charge in [0.2, 0.25) is 0 Å². The molecule has 4 heteroatoms. The SMILES string of the molecule is CC1CCCC(Nc2ccc(C(=O)O)cc2Cl)C1C. The predicted octanol–water partition coefficient (Wildman–Crippen LogP) is 4.27. The lowest BCUT2D eigenvalue weighted by molar-refractivity contribution is 0.0697. The number of halogens is 1. The Morgan fingerprint density at radius 1 is 1.37 bits per heavy atom. The number of hydrogen-bond acceptors (Lipinski definition) is 2. The number of nitrogens with one attached hydrogen (secondary N) is 1. The molecule has 0 aromatic heterocycles. The molecule has 2 N–H and O–H groups in total. The monoisotopic (exact) mass is 281 g/mol. The molecule has 1 fully saturated rings. The normalized spacial score (nSPS) is 27.0. The summed E-state index contributed by atoms with van der Waals surface area (Å²) in [6.07, 6.45) is 3.65. The Morgan fingerprint density at radius 3 is 2.74 bits per heavy atom. The summed E-state index contributed by atoms with van der Waals surface area (Å²) in [6.45, 7) is 4.55. The first-order valence-corrected chi connectivity index (χ1v) is 7.16. The van der Waals surface area contributed by atoms with E-state index in [2.05, 4.69) is 19.2 Å². The van der Waals surface area contributed by atoms with Crippen molar-refractivity contribution in [2.45, 2.75) is 39.2 Å². The summed E-state index contributed by atoms with van der Waals surface area (Å²) in [5.41, 5.74) is 1.05. The van der Waals surface area contributed by atoms with Crippen LogP contribution in [0.2, 0.25) is 5.02 Å². The van der Waals surface area contributed by atoms with Gasteiger partial charge < -0.3 is 10.4 Å². The average Bonchev–Trinajstić information content (AvgIpc) is 2.37. The van der Waals surface area contributed by atoms with Gasteiger partial charge in [0.05, 0.1) is 16.3 Å². The van der Waals surface area contributed by atoms with Crippen molar-refractivity contribution in [2.24, 2.45) is 11.8 Å². The molecule has 3 unspecified atom stereocenters. The van der Waals surface area contributed by atoms with Crippen LogP contribution in [0, 0.1) is 11.8 Å². The molecule has 3 atom stereocenters. The lowest BCUT2D eigenvalue weighted by Gasteiger charge is -2.35. The Balaban J connectivity index is 2.12. The summed E-state index contributed by atoms with van der Waals surface area (Å²) in [7, 11) is 0. The smallest absolute Gasteiger partial charge is 0.335 e. The number of benzene rings is 1. The Hall–Kier alpha value is -1.22. The van der Waals surface area contributed by atoms with Crippen LogP contribution in [-0.2, 0) is 0 Å². The molecular formula is C15H20ClNO2. The standard InChI is InChI=1S/C15H20ClNO2/c1-9-4-3-5-13(10(9)2)17-14-7-6-11(15(18)19)8-12(14)16/h6-10,13,17H,3-5H2,1-2H3,(H,18,19). The number of rotatable bonds is 3. The maximum Gasteiger partial charge on any atom is 0.335 e. The molecule has 1 saturated carbocycles. The van der Waals surface area contributed by atoms with Crippen molar-refractivity contribution in [3.8, 4) is 0 Å². The van der Waals surface area contributed by atoms with Gasteiger partial charge in [-0.1, -0.05) is 38.3 Å². The van der Waals surface area contributed by atoms with E-state index in [0.717, 1.165) is 12.1 Å². The zero-order chi connectivity index (χ0) is 14.0. The van der Waals surface area contributed by atoms with E-state index in [4.69, 9.17) is 16.7 Å². The zero-order valence-corrected chi connectivity index (χ0v) is 12.1. The van der Waals surface area contributed by atoms with Crippen LogP contribution in [0.4, 0.5) is 5.69 Å². The van der Waals surface area contributed by atoms with Gasteiger partial charge in [-0.15, -0.1) is 0 Å². The summed E-state index contributed by atoms with van der Waals surface area (Å²) in [5.74, 6) is 0.361. The summed E-state index contributed by atoms with van der Waals surface area (Å²) < 4.78 is 0. The first kappa shape index (κ1) is 14.2. The fourth-order valence-corrected chi connectivity index (χ4v) is 2.99. The van der Waals surface area contributed by atoms with Crippen molar-refractivity contribution in [1.29, 1.82) is 0 Å². The third-order valence-corrected chi connectivity index (χ3v) is 4.58. The minimum Gasteiger partial charge on any atom is -0.478 e. The number of aromatic carboxylic acids is 1. The van der Waals surface area contributed by atoms with Crippen molar-refractivity contribution in [3.63, 3.8) is 0 Å². The van der Waals surface area contributed by atoms with Crippen molar-refractivity contribution in [3.05, 3.63) is 28.8 Å². The van der Waals surface area contributed by atoms with E-state index < -0.39 is 5.97 Å². The van der Waals surface area contributed by atoms with E-state index in [1.54, 1.807) is 12.1 Å². The minimum absolute atomic E-state index is 0.223. The van der Waals surface area contributed by atoms with E-state index in [-0.39, 0.29) is 5.56 Å². The fraction of sp³-hybridized carbons (Fsp3) is 0.533. The van der Waals surface area contributed by atoms with Gasteiger partial charge in [0.15, 0.2) is 0 Å². The van der Waals surface area contributed by atoms with Gasteiger partial charge in [-0.2, -0.15) is 0 Å². The molecule has 0 amide bonds. The summed E-state index contributed by atoms with van der Waals surface area (Å²) in [5, 5.41) is 12.9. The summed E-state index contributed by atoms with van der Waals surface area (Å²) in [4.78, 5) is 10.9. The van der Waals surface area contributed by atoms with Crippen LogP contribution in [0.5, 0.6) is 0 Å². The Kier molecular flexibility index (Phi) is 4.35. The maximum atomic E-state index is 10.9. The minimum atomic E-state index is -0.951. The molecule has 0 aliphatic heterocycles. The highest BCUT2D eigenvalue weighted by Crippen LogP contribution is 2.33. The lowest BCUT2D eigenvalue weighted by atomic mass is 9.78. The largest absolute Gasteiger partial charge is 0.478 e. The Bertz CT molecular complexity index is 475. The van der Waals surface area contributed by atoms with Crippen LogP contribution in [-0.4, -0.2) is 17.1 Å². The molecule has 0 saturated heterocycles. The highest BCUT2D eigenvalue weighted by atomic mass is 35.5. The van der Waals surface area contributed by atoms with Gasteiger partial charge in [-0.3, -0.25) is 0 Å². The third kappa shape index (κ3) is 3.21.